The number of hydrogen-bond donors (Lipinski definition) is 0. The molecular formula is C23H22NP. The molecule has 0 unspecified atom stereocenters. The third-order valence-corrected chi connectivity index (χ3v) is 7.91. The van der Waals surface area contributed by atoms with Crippen LogP contribution >= 0.6 is 7.05 Å². The lowest BCUT2D eigenvalue weighted by molar-refractivity contribution is 1.16. The average Bonchev–Trinajstić information content (AvgIpc) is 2.71. The van der Waals surface area contributed by atoms with E-state index in [0.717, 1.165) is 5.57 Å². The number of nitrogens with zero attached hydrogens (tertiary/aromatic N) is 1. The molecule has 0 aromatic heterocycles. The van der Waals surface area contributed by atoms with Gasteiger partial charge in [0.1, 0.15) is 0 Å². The zero-order valence-corrected chi connectivity index (χ0v) is 15.4. The Labute approximate surface area is 150 Å². The maximum absolute atomic E-state index is 5.31. The minimum Gasteiger partial charge on any atom is -0.285 e. The molecule has 0 aliphatic heterocycles. The summed E-state index contributed by atoms with van der Waals surface area (Å²) in [5.74, 6) is 0. The Bertz CT molecular complexity index is 818. The highest BCUT2D eigenvalue weighted by molar-refractivity contribution is 7.87. The van der Waals surface area contributed by atoms with Crippen LogP contribution in [-0.4, -0.2) is 6.54 Å². The van der Waals surface area contributed by atoms with E-state index in [1.807, 2.05) is 6.92 Å². The second-order valence-corrected chi connectivity index (χ2v) is 9.00. The maximum atomic E-state index is 5.31. The van der Waals surface area contributed by atoms with Gasteiger partial charge in [-0.1, -0.05) is 97.6 Å². The highest BCUT2D eigenvalue weighted by Gasteiger charge is 2.26. The molecule has 0 aliphatic carbocycles. The molecule has 3 rings (SSSR count). The Kier molecular flexibility index (Phi) is 5.51. The van der Waals surface area contributed by atoms with Crippen LogP contribution < -0.4 is 15.9 Å². The van der Waals surface area contributed by atoms with Crippen molar-refractivity contribution < 1.29 is 0 Å². The Hall–Kier alpha value is -2.59. The van der Waals surface area contributed by atoms with Gasteiger partial charge in [-0.2, -0.15) is 0 Å². The van der Waals surface area contributed by atoms with Gasteiger partial charge in [-0.15, -0.1) is 5.73 Å². The molecule has 1 nitrogen and oxygen atoms in total. The molecule has 2 heteroatoms. The number of hydrogen-bond acceptors (Lipinski definition) is 1. The van der Waals surface area contributed by atoms with Crippen LogP contribution in [0.3, 0.4) is 0 Å². The molecule has 25 heavy (non-hydrogen) atoms. The first-order valence-corrected chi connectivity index (χ1v) is 10.1. The predicted octanol–water partition coefficient (Wildman–Crippen LogP) is 4.90. The molecule has 0 saturated carbocycles. The van der Waals surface area contributed by atoms with Crippen LogP contribution in [0.25, 0.3) is 0 Å². The van der Waals surface area contributed by atoms with Crippen molar-refractivity contribution in [2.24, 2.45) is 4.74 Å². The Morgan fingerprint density at radius 2 is 1.12 bits per heavy atom. The first kappa shape index (κ1) is 17.2. The summed E-state index contributed by atoms with van der Waals surface area (Å²) in [6.45, 7) is 6.44. The van der Waals surface area contributed by atoms with Gasteiger partial charge in [0.15, 0.2) is 0 Å². The van der Waals surface area contributed by atoms with Gasteiger partial charge in [0.05, 0.1) is 13.6 Å². The Morgan fingerprint density at radius 1 is 0.760 bits per heavy atom. The molecule has 3 aromatic carbocycles. The van der Waals surface area contributed by atoms with Crippen LogP contribution in [0.1, 0.15) is 6.92 Å². The quantitative estimate of drug-likeness (QED) is 0.462. The molecule has 0 spiro atoms. The van der Waals surface area contributed by atoms with Gasteiger partial charge >= 0.3 is 0 Å². The monoisotopic (exact) mass is 343 g/mol. The van der Waals surface area contributed by atoms with Gasteiger partial charge in [0, 0.05) is 15.9 Å². The van der Waals surface area contributed by atoms with Crippen molar-refractivity contribution in [1.29, 1.82) is 0 Å². The summed E-state index contributed by atoms with van der Waals surface area (Å²) >= 11 is 0. The van der Waals surface area contributed by atoms with Crippen LogP contribution in [0, 0.1) is 0 Å². The lowest BCUT2D eigenvalue weighted by Gasteiger charge is -2.27. The van der Waals surface area contributed by atoms with Crippen molar-refractivity contribution in [2.45, 2.75) is 6.92 Å². The van der Waals surface area contributed by atoms with E-state index in [-0.39, 0.29) is 0 Å². The lowest BCUT2D eigenvalue weighted by Crippen LogP contribution is -2.25. The first-order valence-electron chi connectivity index (χ1n) is 8.38. The number of benzene rings is 3. The minimum atomic E-state index is -2.08. The van der Waals surface area contributed by atoms with Crippen molar-refractivity contribution in [1.82, 2.24) is 0 Å². The van der Waals surface area contributed by atoms with Crippen molar-refractivity contribution in [3.8, 4) is 0 Å². The third kappa shape index (κ3) is 3.59. The fourth-order valence-corrected chi connectivity index (χ4v) is 6.51. The van der Waals surface area contributed by atoms with Gasteiger partial charge in [-0.3, -0.25) is 4.74 Å². The van der Waals surface area contributed by atoms with E-state index in [1.165, 1.54) is 15.9 Å². The van der Waals surface area contributed by atoms with Gasteiger partial charge in [0.2, 0.25) is 0 Å². The zero-order chi connectivity index (χ0) is 17.5. The van der Waals surface area contributed by atoms with E-state index in [0.29, 0.717) is 6.54 Å². The van der Waals surface area contributed by atoms with Crippen LogP contribution in [-0.2, 0) is 0 Å². The van der Waals surface area contributed by atoms with Gasteiger partial charge in [-0.25, -0.2) is 0 Å². The largest absolute Gasteiger partial charge is 0.285 e. The fourth-order valence-electron chi connectivity index (χ4n) is 2.89. The van der Waals surface area contributed by atoms with Crippen LogP contribution in [0.15, 0.2) is 114 Å². The molecule has 3 aromatic rings. The predicted molar refractivity (Wildman–Crippen MR) is 111 cm³/mol. The second kappa shape index (κ2) is 7.99. The van der Waals surface area contributed by atoms with E-state index in [4.69, 9.17) is 4.74 Å². The van der Waals surface area contributed by atoms with Gasteiger partial charge < -0.3 is 0 Å². The summed E-state index contributed by atoms with van der Waals surface area (Å²) in [6.07, 6.45) is 0. The van der Waals surface area contributed by atoms with E-state index >= 15 is 0 Å². The van der Waals surface area contributed by atoms with E-state index in [2.05, 4.69) is 103 Å². The van der Waals surface area contributed by atoms with Crippen molar-refractivity contribution in [3.05, 3.63) is 109 Å². The SMILES string of the molecule is C=C=C(C)CN=P(c1ccccc1)(c1ccccc1)c1ccccc1. The smallest absolute Gasteiger partial charge is 0.0667 e. The van der Waals surface area contributed by atoms with Gasteiger partial charge in [0.25, 0.3) is 0 Å². The van der Waals surface area contributed by atoms with E-state index in [1.54, 1.807) is 0 Å². The van der Waals surface area contributed by atoms with E-state index in [9.17, 15) is 0 Å². The summed E-state index contributed by atoms with van der Waals surface area (Å²) in [6, 6.07) is 32.0. The molecular weight excluding hydrogens is 321 g/mol. The van der Waals surface area contributed by atoms with Crippen molar-refractivity contribution in [3.63, 3.8) is 0 Å². The van der Waals surface area contributed by atoms with Crippen LogP contribution in [0.2, 0.25) is 0 Å². The fraction of sp³-hybridized carbons (Fsp3) is 0.0870. The topological polar surface area (TPSA) is 12.4 Å². The van der Waals surface area contributed by atoms with Crippen molar-refractivity contribution >= 4 is 23.0 Å². The summed E-state index contributed by atoms with van der Waals surface area (Å²) in [7, 11) is -2.08. The molecule has 0 N–H and O–H groups in total. The summed E-state index contributed by atoms with van der Waals surface area (Å²) < 4.78 is 5.31. The third-order valence-electron chi connectivity index (χ3n) is 4.21. The Morgan fingerprint density at radius 3 is 1.44 bits per heavy atom. The summed E-state index contributed by atoms with van der Waals surface area (Å²) in [5, 5.41) is 3.80. The molecule has 0 bridgehead atoms. The second-order valence-electron chi connectivity index (χ2n) is 5.90. The molecule has 0 fully saturated rings. The van der Waals surface area contributed by atoms with Crippen molar-refractivity contribution in [2.75, 3.05) is 6.54 Å². The molecule has 0 heterocycles. The highest BCUT2D eigenvalue weighted by atomic mass is 31.2. The number of rotatable bonds is 5. The minimum absolute atomic E-state index is 0.635. The Balaban J connectivity index is 2.38. The lowest BCUT2D eigenvalue weighted by atomic mass is 10.3. The molecule has 124 valence electrons. The summed E-state index contributed by atoms with van der Waals surface area (Å²) in [5.41, 5.74) is 4.04. The van der Waals surface area contributed by atoms with Crippen LogP contribution in [0.5, 0.6) is 0 Å². The standard InChI is InChI=1S/C23H22NP/c1-3-20(2)19-24-25(21-13-7-4-8-14-21,22-15-9-5-10-16-22)23-17-11-6-12-18-23/h4-18H,1,19H2,2H3. The molecule has 0 amide bonds. The zero-order valence-electron chi connectivity index (χ0n) is 14.5. The molecule has 0 saturated heterocycles. The average molecular weight is 343 g/mol. The van der Waals surface area contributed by atoms with Gasteiger partial charge in [-0.05, 0) is 12.5 Å². The first-order chi connectivity index (χ1) is 12.3. The van der Waals surface area contributed by atoms with E-state index < -0.39 is 7.05 Å². The molecule has 0 aliphatic rings. The highest BCUT2D eigenvalue weighted by Crippen LogP contribution is 2.46. The van der Waals surface area contributed by atoms with Crippen LogP contribution in [0.4, 0.5) is 0 Å². The normalized spacial score (nSPS) is 10.8. The summed E-state index contributed by atoms with van der Waals surface area (Å²) in [4.78, 5) is 0. The molecule has 0 atom stereocenters. The maximum Gasteiger partial charge on any atom is 0.0667 e. The molecule has 0 radical (unpaired) electrons.